The molecular weight excluding hydrogens is 296 g/mol. The third kappa shape index (κ3) is 3.51. The lowest BCUT2D eigenvalue weighted by Gasteiger charge is -2.12. The first-order valence-corrected chi connectivity index (χ1v) is 7.30. The van der Waals surface area contributed by atoms with E-state index in [9.17, 15) is 18.4 Å². The molecule has 0 aliphatic rings. The van der Waals surface area contributed by atoms with Crippen LogP contribution in [-0.2, 0) is 17.6 Å². The Morgan fingerprint density at radius 3 is 2.95 bits per heavy atom. The molecule has 21 heavy (non-hydrogen) atoms. The fourth-order valence-corrected chi connectivity index (χ4v) is 2.26. The quantitative estimate of drug-likeness (QED) is 0.515. The molecule has 0 radical (unpaired) electrons. The number of nitrogens with zero attached hydrogens (tertiary/aromatic N) is 2. The molecule has 2 rings (SSSR count). The van der Waals surface area contributed by atoms with Crippen molar-refractivity contribution in [3.63, 3.8) is 0 Å². The Balaban J connectivity index is 2.40. The van der Waals surface area contributed by atoms with Gasteiger partial charge in [0.1, 0.15) is 5.56 Å². The highest BCUT2D eigenvalue weighted by atomic mass is 32.2. The molecule has 0 fully saturated rings. The highest BCUT2D eigenvalue weighted by Crippen LogP contribution is 2.10. The summed E-state index contributed by atoms with van der Waals surface area (Å²) in [5, 5.41) is 2.66. The Morgan fingerprint density at radius 1 is 1.52 bits per heavy atom. The molecule has 0 saturated carbocycles. The Morgan fingerprint density at radius 2 is 2.29 bits per heavy atom. The standard InChI is InChI=1S/C12H14N4O4S/c13-11(17)8-6-9-10(2-1-3-15-9)16(12(8)18)5-4-14-7-21(19)20/h1-3,6,14H,4-5,7H2,(H2,13,17)(H,19,20)/p-1. The zero-order valence-corrected chi connectivity index (χ0v) is 11.8. The van der Waals surface area contributed by atoms with Crippen molar-refractivity contribution in [2.24, 2.45) is 5.73 Å². The molecule has 8 nitrogen and oxygen atoms in total. The Kier molecular flexibility index (Phi) is 4.78. The summed E-state index contributed by atoms with van der Waals surface area (Å²) < 4.78 is 22.2. The Bertz CT molecular complexity index is 758. The number of nitrogens with one attached hydrogen (secondary N) is 1. The molecular formula is C12H13N4O4S-. The third-order valence-corrected chi connectivity index (χ3v) is 3.30. The fourth-order valence-electron chi connectivity index (χ4n) is 1.95. The summed E-state index contributed by atoms with van der Waals surface area (Å²) in [5.41, 5.74) is 5.55. The number of carbonyl (C=O) groups excluding carboxylic acids is 1. The van der Waals surface area contributed by atoms with Crippen LogP contribution in [0.1, 0.15) is 10.4 Å². The molecule has 0 aromatic carbocycles. The summed E-state index contributed by atoms with van der Waals surface area (Å²) >= 11 is -2.20. The molecule has 1 unspecified atom stereocenters. The van der Waals surface area contributed by atoms with E-state index in [1.165, 1.54) is 10.6 Å². The first kappa shape index (κ1) is 15.3. The first-order valence-electron chi connectivity index (χ1n) is 6.05. The molecule has 0 aliphatic carbocycles. The molecule has 0 bridgehead atoms. The van der Waals surface area contributed by atoms with Crippen LogP contribution in [-0.4, -0.2) is 36.6 Å². The summed E-state index contributed by atoms with van der Waals surface area (Å²) in [6, 6.07) is 4.72. The van der Waals surface area contributed by atoms with Crippen LogP contribution in [0.15, 0.2) is 29.2 Å². The first-order chi connectivity index (χ1) is 10.0. The maximum absolute atomic E-state index is 12.2. The van der Waals surface area contributed by atoms with Gasteiger partial charge in [-0.15, -0.1) is 0 Å². The van der Waals surface area contributed by atoms with E-state index in [1.54, 1.807) is 18.3 Å². The van der Waals surface area contributed by atoms with Crippen LogP contribution in [0.5, 0.6) is 0 Å². The van der Waals surface area contributed by atoms with Gasteiger partial charge in [0.05, 0.1) is 16.9 Å². The topological polar surface area (TPSA) is 130 Å². The molecule has 3 N–H and O–H groups in total. The summed E-state index contributed by atoms with van der Waals surface area (Å²) in [4.78, 5) is 27.7. The van der Waals surface area contributed by atoms with Crippen LogP contribution < -0.4 is 16.6 Å². The van der Waals surface area contributed by atoms with Crippen molar-refractivity contribution in [3.05, 3.63) is 40.3 Å². The van der Waals surface area contributed by atoms with E-state index in [4.69, 9.17) is 5.73 Å². The molecule has 0 aliphatic heterocycles. The largest absolute Gasteiger partial charge is 0.771 e. The average molecular weight is 309 g/mol. The van der Waals surface area contributed by atoms with Crippen LogP contribution >= 0.6 is 0 Å². The van der Waals surface area contributed by atoms with Crippen molar-refractivity contribution < 1.29 is 13.6 Å². The lowest BCUT2D eigenvalue weighted by Crippen LogP contribution is -2.33. The van der Waals surface area contributed by atoms with E-state index in [-0.39, 0.29) is 24.5 Å². The summed E-state index contributed by atoms with van der Waals surface area (Å²) in [7, 11) is 0. The second-order valence-electron chi connectivity index (χ2n) is 4.23. The third-order valence-electron chi connectivity index (χ3n) is 2.86. The molecule has 1 atom stereocenters. The van der Waals surface area contributed by atoms with E-state index in [0.29, 0.717) is 11.0 Å². The number of rotatable bonds is 6. The van der Waals surface area contributed by atoms with Gasteiger partial charge in [-0.3, -0.25) is 18.8 Å². The van der Waals surface area contributed by atoms with Crippen LogP contribution in [0.2, 0.25) is 0 Å². The maximum Gasteiger partial charge on any atom is 0.264 e. The van der Waals surface area contributed by atoms with E-state index in [0.717, 1.165) is 0 Å². The van der Waals surface area contributed by atoms with Gasteiger partial charge < -0.3 is 20.2 Å². The van der Waals surface area contributed by atoms with E-state index in [1.807, 2.05) is 0 Å². The van der Waals surface area contributed by atoms with Gasteiger partial charge in [-0.2, -0.15) is 0 Å². The molecule has 0 saturated heterocycles. The Hall–Kier alpha value is -2.10. The van der Waals surface area contributed by atoms with Crippen molar-refractivity contribution >= 4 is 28.0 Å². The molecule has 2 aromatic rings. The van der Waals surface area contributed by atoms with Gasteiger partial charge in [0.25, 0.3) is 11.5 Å². The number of primary amides is 1. The second kappa shape index (κ2) is 6.57. The minimum Gasteiger partial charge on any atom is -0.771 e. The number of pyridine rings is 2. The van der Waals surface area contributed by atoms with Gasteiger partial charge in [0.15, 0.2) is 0 Å². The number of nitrogens with two attached hydrogens (primary N) is 1. The van der Waals surface area contributed by atoms with Crippen LogP contribution in [0.4, 0.5) is 0 Å². The number of carbonyl (C=O) groups is 1. The second-order valence-corrected chi connectivity index (χ2v) is 5.13. The normalized spacial score (nSPS) is 12.4. The smallest absolute Gasteiger partial charge is 0.264 e. The summed E-state index contributed by atoms with van der Waals surface area (Å²) in [6.07, 6.45) is 1.54. The van der Waals surface area contributed by atoms with Gasteiger partial charge in [-0.1, -0.05) is 0 Å². The lowest BCUT2D eigenvalue weighted by atomic mass is 10.2. The molecule has 2 heterocycles. The number of fused-ring (bicyclic) bond motifs is 1. The monoisotopic (exact) mass is 309 g/mol. The predicted molar refractivity (Wildman–Crippen MR) is 76.3 cm³/mol. The van der Waals surface area contributed by atoms with Crippen molar-refractivity contribution in [1.82, 2.24) is 14.9 Å². The number of hydrogen-bond donors (Lipinski definition) is 2. The van der Waals surface area contributed by atoms with Crippen molar-refractivity contribution in [3.8, 4) is 0 Å². The minimum atomic E-state index is -2.20. The van der Waals surface area contributed by atoms with Crippen LogP contribution in [0.3, 0.4) is 0 Å². The van der Waals surface area contributed by atoms with Crippen molar-refractivity contribution in [2.75, 3.05) is 12.4 Å². The Labute approximate surface area is 122 Å². The fraction of sp³-hybridized carbons (Fsp3) is 0.250. The van der Waals surface area contributed by atoms with Gasteiger partial charge in [0, 0.05) is 19.3 Å². The number of aromatic nitrogens is 2. The molecule has 112 valence electrons. The van der Waals surface area contributed by atoms with Gasteiger partial charge in [-0.05, 0) is 29.3 Å². The maximum atomic E-state index is 12.2. The number of amides is 1. The van der Waals surface area contributed by atoms with E-state index in [2.05, 4.69) is 10.3 Å². The molecule has 1 amide bonds. The summed E-state index contributed by atoms with van der Waals surface area (Å²) in [6.45, 7) is 0.444. The van der Waals surface area contributed by atoms with Gasteiger partial charge in [-0.25, -0.2) is 0 Å². The van der Waals surface area contributed by atoms with E-state index >= 15 is 0 Å². The highest BCUT2D eigenvalue weighted by Gasteiger charge is 2.13. The van der Waals surface area contributed by atoms with Crippen LogP contribution in [0.25, 0.3) is 11.0 Å². The minimum absolute atomic E-state index is 0.145. The molecule has 2 aromatic heterocycles. The summed E-state index contributed by atoms with van der Waals surface area (Å²) in [5.74, 6) is -1.03. The van der Waals surface area contributed by atoms with Crippen molar-refractivity contribution in [1.29, 1.82) is 0 Å². The average Bonchev–Trinajstić information content (AvgIpc) is 2.44. The molecule has 9 heteroatoms. The van der Waals surface area contributed by atoms with Gasteiger partial charge in [0.2, 0.25) is 0 Å². The SMILES string of the molecule is NC(=O)c1cc2ncccc2n(CCNCS(=O)[O-])c1=O. The van der Waals surface area contributed by atoms with Crippen LogP contribution in [0, 0.1) is 0 Å². The zero-order valence-electron chi connectivity index (χ0n) is 10.9. The molecule has 0 spiro atoms. The van der Waals surface area contributed by atoms with Crippen molar-refractivity contribution in [2.45, 2.75) is 6.54 Å². The zero-order chi connectivity index (χ0) is 15.4. The van der Waals surface area contributed by atoms with E-state index < -0.39 is 22.5 Å². The highest BCUT2D eigenvalue weighted by molar-refractivity contribution is 7.79. The lowest BCUT2D eigenvalue weighted by molar-refractivity contribution is 0.0998. The number of hydrogen-bond acceptors (Lipinski definition) is 6. The van der Waals surface area contributed by atoms with Gasteiger partial charge >= 0.3 is 0 Å². The predicted octanol–water partition coefficient (Wildman–Crippen LogP) is -1.08.